The molecule has 0 spiro atoms. The van der Waals surface area contributed by atoms with Gasteiger partial charge in [0.25, 0.3) is 5.91 Å². The maximum atomic E-state index is 11.9. The van der Waals surface area contributed by atoms with E-state index in [0.717, 1.165) is 12.8 Å². The summed E-state index contributed by atoms with van der Waals surface area (Å²) in [5.74, 6) is -0.402. The summed E-state index contributed by atoms with van der Waals surface area (Å²) < 4.78 is 0. The van der Waals surface area contributed by atoms with Gasteiger partial charge in [0.1, 0.15) is 5.69 Å². The van der Waals surface area contributed by atoms with Gasteiger partial charge in [-0.1, -0.05) is 0 Å². The van der Waals surface area contributed by atoms with Crippen LogP contribution in [0.25, 0.3) is 0 Å². The molecule has 108 valence electrons. The van der Waals surface area contributed by atoms with Gasteiger partial charge < -0.3 is 5.32 Å². The highest BCUT2D eigenvalue weighted by atomic mass is 32.1. The Morgan fingerprint density at radius 1 is 1.33 bits per heavy atom. The van der Waals surface area contributed by atoms with Gasteiger partial charge in [-0.3, -0.25) is 19.9 Å². The lowest BCUT2D eigenvalue weighted by atomic mass is 10.3. The van der Waals surface area contributed by atoms with Crippen LogP contribution in [0.2, 0.25) is 0 Å². The van der Waals surface area contributed by atoms with Crippen molar-refractivity contribution in [3.63, 3.8) is 0 Å². The van der Waals surface area contributed by atoms with E-state index in [0.29, 0.717) is 16.9 Å². The molecule has 1 fully saturated rings. The number of hydrogen-bond acceptors (Lipinski definition) is 6. The maximum Gasteiger partial charge on any atom is 0.277 e. The fourth-order valence-electron chi connectivity index (χ4n) is 1.69. The largest absolute Gasteiger partial charge is 0.353 e. The van der Waals surface area contributed by atoms with Gasteiger partial charge in [-0.2, -0.15) is 0 Å². The van der Waals surface area contributed by atoms with Crippen LogP contribution in [0.3, 0.4) is 0 Å². The molecule has 2 amide bonds. The fourth-order valence-corrected chi connectivity index (χ4v) is 2.40. The van der Waals surface area contributed by atoms with Crippen LogP contribution < -0.4 is 10.6 Å². The minimum atomic E-state index is -0.369. The Labute approximate surface area is 124 Å². The van der Waals surface area contributed by atoms with E-state index in [1.54, 1.807) is 5.38 Å². The molecule has 0 aromatic carbocycles. The summed E-state index contributed by atoms with van der Waals surface area (Å²) in [6.07, 6.45) is 6.67. The second kappa shape index (κ2) is 5.96. The number of thiazole rings is 1. The van der Waals surface area contributed by atoms with E-state index in [1.165, 1.54) is 29.9 Å². The van der Waals surface area contributed by atoms with Crippen LogP contribution in [0.1, 0.15) is 29.0 Å². The van der Waals surface area contributed by atoms with Crippen molar-refractivity contribution < 1.29 is 9.59 Å². The van der Waals surface area contributed by atoms with E-state index in [2.05, 4.69) is 25.6 Å². The molecule has 0 saturated heterocycles. The molecule has 2 aromatic rings. The van der Waals surface area contributed by atoms with Gasteiger partial charge in [-0.25, -0.2) is 9.97 Å². The zero-order chi connectivity index (χ0) is 14.7. The van der Waals surface area contributed by atoms with Gasteiger partial charge in [-0.15, -0.1) is 11.3 Å². The second-order valence-electron chi connectivity index (χ2n) is 4.71. The number of hydrogen-bond donors (Lipinski definition) is 2. The molecule has 7 nitrogen and oxygen atoms in total. The third-order valence-electron chi connectivity index (χ3n) is 2.85. The minimum absolute atomic E-state index is 0.0328. The fraction of sp³-hybridized carbons (Fsp3) is 0.308. The van der Waals surface area contributed by atoms with Gasteiger partial charge >= 0.3 is 0 Å². The SMILES string of the molecule is O=C(Cc1csc(NC(=O)c2cnccn2)n1)NC1CC1. The van der Waals surface area contributed by atoms with Crippen molar-refractivity contribution in [2.24, 2.45) is 0 Å². The number of carbonyl (C=O) groups is 2. The molecule has 8 heteroatoms. The quantitative estimate of drug-likeness (QED) is 0.859. The zero-order valence-corrected chi connectivity index (χ0v) is 11.9. The van der Waals surface area contributed by atoms with Crippen LogP contribution in [0.4, 0.5) is 5.13 Å². The zero-order valence-electron chi connectivity index (χ0n) is 11.1. The first-order chi connectivity index (χ1) is 10.2. The number of carbonyl (C=O) groups excluding carboxylic acids is 2. The molecule has 0 aliphatic heterocycles. The molecule has 0 atom stereocenters. The van der Waals surface area contributed by atoms with E-state index in [4.69, 9.17) is 0 Å². The Hall–Kier alpha value is -2.35. The molecule has 2 N–H and O–H groups in total. The lowest BCUT2D eigenvalue weighted by molar-refractivity contribution is -0.120. The number of nitrogens with zero attached hydrogens (tertiary/aromatic N) is 3. The van der Waals surface area contributed by atoms with Crippen LogP contribution in [0.5, 0.6) is 0 Å². The topological polar surface area (TPSA) is 96.9 Å². The van der Waals surface area contributed by atoms with Gasteiger partial charge in [0.2, 0.25) is 5.91 Å². The van der Waals surface area contributed by atoms with Gasteiger partial charge in [0.15, 0.2) is 5.13 Å². The smallest absolute Gasteiger partial charge is 0.277 e. The van der Waals surface area contributed by atoms with E-state index in [1.807, 2.05) is 0 Å². The first-order valence-corrected chi connectivity index (χ1v) is 7.40. The van der Waals surface area contributed by atoms with Gasteiger partial charge in [0.05, 0.1) is 18.3 Å². The monoisotopic (exact) mass is 303 g/mol. The minimum Gasteiger partial charge on any atom is -0.353 e. The molecule has 1 aliphatic rings. The highest BCUT2D eigenvalue weighted by molar-refractivity contribution is 7.14. The summed E-state index contributed by atoms with van der Waals surface area (Å²) in [5, 5.41) is 7.74. The molecule has 21 heavy (non-hydrogen) atoms. The number of aromatic nitrogens is 3. The van der Waals surface area contributed by atoms with Crippen molar-refractivity contribution in [2.45, 2.75) is 25.3 Å². The summed E-state index contributed by atoms with van der Waals surface area (Å²) in [4.78, 5) is 35.5. The second-order valence-corrected chi connectivity index (χ2v) is 5.57. The van der Waals surface area contributed by atoms with Crippen molar-refractivity contribution in [3.8, 4) is 0 Å². The predicted molar refractivity (Wildman–Crippen MR) is 77.0 cm³/mol. The highest BCUT2D eigenvalue weighted by Gasteiger charge is 2.23. The van der Waals surface area contributed by atoms with Crippen LogP contribution in [-0.4, -0.2) is 32.8 Å². The molecule has 3 rings (SSSR count). The van der Waals surface area contributed by atoms with Crippen molar-refractivity contribution in [2.75, 3.05) is 5.32 Å². The Balaban J connectivity index is 1.57. The molecule has 0 bridgehead atoms. The van der Waals surface area contributed by atoms with Crippen molar-refractivity contribution >= 4 is 28.3 Å². The van der Waals surface area contributed by atoms with Crippen molar-refractivity contribution in [3.05, 3.63) is 35.4 Å². The average molecular weight is 303 g/mol. The summed E-state index contributed by atoms with van der Waals surface area (Å²) in [7, 11) is 0. The number of anilines is 1. The molecule has 0 unspecified atom stereocenters. The summed E-state index contributed by atoms with van der Waals surface area (Å²) in [6.45, 7) is 0. The van der Waals surface area contributed by atoms with Crippen LogP contribution >= 0.6 is 11.3 Å². The summed E-state index contributed by atoms with van der Waals surface area (Å²) in [6, 6.07) is 0.340. The van der Waals surface area contributed by atoms with Crippen LogP contribution in [0.15, 0.2) is 24.0 Å². The molecular weight excluding hydrogens is 290 g/mol. The summed E-state index contributed by atoms with van der Waals surface area (Å²) in [5.41, 5.74) is 0.869. The third kappa shape index (κ3) is 3.82. The molecule has 1 saturated carbocycles. The molecular formula is C13H13N5O2S. The Morgan fingerprint density at radius 2 is 2.19 bits per heavy atom. The van der Waals surface area contributed by atoms with Crippen molar-refractivity contribution in [1.29, 1.82) is 0 Å². The Bertz CT molecular complexity index is 654. The summed E-state index contributed by atoms with van der Waals surface area (Å²) >= 11 is 1.28. The molecule has 2 heterocycles. The van der Waals surface area contributed by atoms with E-state index in [-0.39, 0.29) is 23.9 Å². The molecule has 1 aliphatic carbocycles. The first kappa shape index (κ1) is 13.6. The van der Waals surface area contributed by atoms with Crippen LogP contribution in [0, 0.1) is 0 Å². The number of rotatable bonds is 5. The molecule has 2 aromatic heterocycles. The van der Waals surface area contributed by atoms with Crippen LogP contribution in [-0.2, 0) is 11.2 Å². The number of nitrogens with one attached hydrogen (secondary N) is 2. The van der Waals surface area contributed by atoms with E-state index in [9.17, 15) is 9.59 Å². The Morgan fingerprint density at radius 3 is 2.90 bits per heavy atom. The number of amides is 2. The van der Waals surface area contributed by atoms with E-state index < -0.39 is 0 Å². The average Bonchev–Trinajstić information content (AvgIpc) is 3.19. The lowest BCUT2D eigenvalue weighted by Gasteiger charge is -2.01. The standard InChI is InChI=1S/C13H13N5O2S/c19-11(16-8-1-2-8)5-9-7-21-13(17-9)18-12(20)10-6-14-3-4-15-10/h3-4,6-8H,1-2,5H2,(H,16,19)(H,17,18,20). The third-order valence-corrected chi connectivity index (χ3v) is 3.66. The lowest BCUT2D eigenvalue weighted by Crippen LogP contribution is -2.27. The first-order valence-electron chi connectivity index (χ1n) is 6.52. The highest BCUT2D eigenvalue weighted by Crippen LogP contribution is 2.20. The van der Waals surface area contributed by atoms with Gasteiger partial charge in [0, 0.05) is 23.8 Å². The van der Waals surface area contributed by atoms with Crippen molar-refractivity contribution in [1.82, 2.24) is 20.3 Å². The Kier molecular flexibility index (Phi) is 3.87. The van der Waals surface area contributed by atoms with E-state index >= 15 is 0 Å². The molecule has 0 radical (unpaired) electrons. The normalized spacial score (nSPS) is 13.7. The van der Waals surface area contributed by atoms with Gasteiger partial charge in [-0.05, 0) is 12.8 Å². The maximum absolute atomic E-state index is 11.9. The predicted octanol–water partition coefficient (Wildman–Crippen LogP) is 1.01.